The Morgan fingerprint density at radius 3 is 3.00 bits per heavy atom. The molecule has 1 heterocycles. The topological polar surface area (TPSA) is 67.4 Å². The Morgan fingerprint density at radius 1 is 1.47 bits per heavy atom. The molecule has 0 fully saturated rings. The second-order valence-corrected chi connectivity index (χ2v) is 3.84. The summed E-state index contributed by atoms with van der Waals surface area (Å²) >= 11 is 3.32. The number of tetrazole rings is 1. The average Bonchev–Trinajstić information content (AvgIpc) is 2.73. The van der Waals surface area contributed by atoms with Crippen LogP contribution in [-0.4, -0.2) is 20.2 Å². The molecule has 0 atom stereocenters. The number of nitriles is 1. The van der Waals surface area contributed by atoms with E-state index >= 15 is 0 Å². The molecule has 74 valence electrons. The summed E-state index contributed by atoms with van der Waals surface area (Å²) in [7, 11) is 0. The van der Waals surface area contributed by atoms with E-state index in [4.69, 9.17) is 5.26 Å². The highest BCUT2D eigenvalue weighted by Crippen LogP contribution is 2.16. The molecule has 0 saturated carbocycles. The molecule has 0 unspecified atom stereocenters. The van der Waals surface area contributed by atoms with Gasteiger partial charge in [0.1, 0.15) is 6.33 Å². The van der Waals surface area contributed by atoms with E-state index in [9.17, 15) is 0 Å². The average molecular weight is 264 g/mol. The first-order valence-electron chi connectivity index (χ1n) is 4.19. The van der Waals surface area contributed by atoms with Crippen molar-refractivity contribution in [2.75, 3.05) is 0 Å². The van der Waals surface area contributed by atoms with E-state index in [0.717, 1.165) is 10.0 Å². The quantitative estimate of drug-likeness (QED) is 0.821. The molecular formula is C9H6BrN5. The van der Waals surface area contributed by atoms with E-state index in [-0.39, 0.29) is 0 Å². The van der Waals surface area contributed by atoms with Crippen molar-refractivity contribution >= 4 is 15.9 Å². The minimum Gasteiger partial charge on any atom is -0.228 e. The second kappa shape index (κ2) is 4.19. The number of hydrogen-bond donors (Lipinski definition) is 0. The van der Waals surface area contributed by atoms with Gasteiger partial charge in [0, 0.05) is 4.47 Å². The van der Waals surface area contributed by atoms with Gasteiger partial charge in [0.05, 0.1) is 18.2 Å². The summed E-state index contributed by atoms with van der Waals surface area (Å²) in [4.78, 5) is 0. The number of halogens is 1. The van der Waals surface area contributed by atoms with Crippen LogP contribution in [0, 0.1) is 11.3 Å². The van der Waals surface area contributed by atoms with Crippen molar-refractivity contribution in [3.05, 3.63) is 40.1 Å². The fourth-order valence-electron chi connectivity index (χ4n) is 1.22. The summed E-state index contributed by atoms with van der Waals surface area (Å²) in [6, 6.07) is 7.68. The molecule has 0 bridgehead atoms. The summed E-state index contributed by atoms with van der Waals surface area (Å²) in [5.41, 5.74) is 1.52. The molecule has 0 amide bonds. The van der Waals surface area contributed by atoms with Crippen LogP contribution in [0.1, 0.15) is 11.1 Å². The lowest BCUT2D eigenvalue weighted by molar-refractivity contribution is 0.647. The molecule has 0 spiro atoms. The van der Waals surface area contributed by atoms with Crippen LogP contribution >= 0.6 is 15.9 Å². The van der Waals surface area contributed by atoms with Crippen LogP contribution in [-0.2, 0) is 6.54 Å². The second-order valence-electron chi connectivity index (χ2n) is 2.92. The molecule has 15 heavy (non-hydrogen) atoms. The zero-order valence-corrected chi connectivity index (χ0v) is 9.22. The van der Waals surface area contributed by atoms with E-state index in [2.05, 4.69) is 37.5 Å². The Morgan fingerprint density at radius 2 is 2.33 bits per heavy atom. The summed E-state index contributed by atoms with van der Waals surface area (Å²) in [6.45, 7) is 0.503. The van der Waals surface area contributed by atoms with Crippen LogP contribution in [0.15, 0.2) is 29.0 Å². The third-order valence-corrected chi connectivity index (χ3v) is 2.41. The van der Waals surface area contributed by atoms with Crippen LogP contribution in [0.25, 0.3) is 0 Å². The minimum atomic E-state index is 0.503. The van der Waals surface area contributed by atoms with Crippen molar-refractivity contribution in [1.82, 2.24) is 20.2 Å². The third kappa shape index (κ3) is 2.19. The zero-order chi connectivity index (χ0) is 10.7. The van der Waals surface area contributed by atoms with Crippen molar-refractivity contribution in [3.8, 4) is 6.07 Å². The third-order valence-electron chi connectivity index (χ3n) is 1.92. The largest absolute Gasteiger partial charge is 0.228 e. The normalized spacial score (nSPS) is 9.87. The Bertz CT molecular complexity index is 500. The maximum Gasteiger partial charge on any atom is 0.138 e. The molecule has 0 aliphatic rings. The fourth-order valence-corrected chi connectivity index (χ4v) is 1.58. The van der Waals surface area contributed by atoms with E-state index < -0.39 is 0 Å². The van der Waals surface area contributed by atoms with E-state index in [1.165, 1.54) is 6.33 Å². The molecule has 1 aromatic heterocycles. The van der Waals surface area contributed by atoms with Gasteiger partial charge >= 0.3 is 0 Å². The molecule has 5 nitrogen and oxygen atoms in total. The standard InChI is InChI=1S/C9H6BrN5/c10-9-2-1-7(8(3-9)4-11)5-15-6-12-13-14-15/h1-3,6H,5H2. The lowest BCUT2D eigenvalue weighted by Crippen LogP contribution is -2.02. The molecule has 2 aromatic rings. The number of hydrogen-bond acceptors (Lipinski definition) is 4. The Kier molecular flexibility index (Phi) is 2.74. The lowest BCUT2D eigenvalue weighted by atomic mass is 10.1. The van der Waals surface area contributed by atoms with Gasteiger partial charge in [-0.2, -0.15) is 5.26 Å². The first kappa shape index (κ1) is 9.80. The van der Waals surface area contributed by atoms with Gasteiger partial charge in [0.15, 0.2) is 0 Å². The molecule has 0 radical (unpaired) electrons. The van der Waals surface area contributed by atoms with Crippen molar-refractivity contribution in [1.29, 1.82) is 5.26 Å². The van der Waals surface area contributed by atoms with Gasteiger partial charge in [0.25, 0.3) is 0 Å². The highest BCUT2D eigenvalue weighted by atomic mass is 79.9. The monoisotopic (exact) mass is 263 g/mol. The molecular weight excluding hydrogens is 258 g/mol. The molecule has 0 N–H and O–H groups in total. The highest BCUT2D eigenvalue weighted by Gasteiger charge is 2.04. The number of benzene rings is 1. The molecule has 2 rings (SSSR count). The Hall–Kier alpha value is -1.74. The van der Waals surface area contributed by atoms with Crippen molar-refractivity contribution in [2.45, 2.75) is 6.54 Å². The van der Waals surface area contributed by atoms with Gasteiger partial charge < -0.3 is 0 Å². The van der Waals surface area contributed by atoms with Gasteiger partial charge in [0.2, 0.25) is 0 Å². The Balaban J connectivity index is 2.33. The van der Waals surface area contributed by atoms with E-state index in [1.807, 2.05) is 12.1 Å². The maximum atomic E-state index is 8.94. The van der Waals surface area contributed by atoms with Crippen molar-refractivity contribution in [2.24, 2.45) is 0 Å². The number of aromatic nitrogens is 4. The first-order chi connectivity index (χ1) is 7.29. The summed E-state index contributed by atoms with van der Waals surface area (Å²) in [6.07, 6.45) is 1.52. The number of nitrogens with zero attached hydrogens (tertiary/aromatic N) is 5. The fraction of sp³-hybridized carbons (Fsp3) is 0.111. The summed E-state index contributed by atoms with van der Waals surface area (Å²) < 4.78 is 2.46. The van der Waals surface area contributed by atoms with Gasteiger partial charge in [-0.3, -0.25) is 0 Å². The van der Waals surface area contributed by atoms with Gasteiger partial charge in [-0.15, -0.1) is 5.10 Å². The maximum absolute atomic E-state index is 8.94. The molecule has 1 aromatic carbocycles. The summed E-state index contributed by atoms with van der Waals surface area (Å²) in [5.74, 6) is 0. The predicted octanol–water partition coefficient (Wildman–Crippen LogP) is 1.36. The predicted molar refractivity (Wildman–Crippen MR) is 55.8 cm³/mol. The van der Waals surface area contributed by atoms with Gasteiger partial charge in [-0.05, 0) is 28.1 Å². The minimum absolute atomic E-state index is 0.503. The summed E-state index contributed by atoms with van der Waals surface area (Å²) in [5, 5.41) is 19.7. The van der Waals surface area contributed by atoms with Crippen LogP contribution in [0.5, 0.6) is 0 Å². The van der Waals surface area contributed by atoms with Crippen LogP contribution in [0.2, 0.25) is 0 Å². The molecule has 0 aliphatic heterocycles. The molecule has 0 aliphatic carbocycles. The number of rotatable bonds is 2. The Labute approximate surface area is 94.5 Å². The van der Waals surface area contributed by atoms with Crippen molar-refractivity contribution < 1.29 is 0 Å². The molecule has 6 heteroatoms. The van der Waals surface area contributed by atoms with Crippen LogP contribution in [0.3, 0.4) is 0 Å². The van der Waals surface area contributed by atoms with Gasteiger partial charge in [-0.1, -0.05) is 22.0 Å². The zero-order valence-electron chi connectivity index (χ0n) is 7.63. The van der Waals surface area contributed by atoms with Gasteiger partial charge in [-0.25, -0.2) is 4.68 Å². The van der Waals surface area contributed by atoms with Crippen LogP contribution in [0.4, 0.5) is 0 Å². The lowest BCUT2D eigenvalue weighted by Gasteiger charge is -2.03. The van der Waals surface area contributed by atoms with E-state index in [0.29, 0.717) is 12.1 Å². The highest BCUT2D eigenvalue weighted by molar-refractivity contribution is 9.10. The van der Waals surface area contributed by atoms with E-state index in [1.54, 1.807) is 10.7 Å². The SMILES string of the molecule is N#Cc1cc(Br)ccc1Cn1cnnn1. The first-order valence-corrected chi connectivity index (χ1v) is 4.98. The molecule has 0 saturated heterocycles. The van der Waals surface area contributed by atoms with Crippen molar-refractivity contribution in [3.63, 3.8) is 0 Å². The smallest absolute Gasteiger partial charge is 0.138 e. The van der Waals surface area contributed by atoms with Crippen LogP contribution < -0.4 is 0 Å².